The number of para-hydroxylation sites is 2. The van der Waals surface area contributed by atoms with E-state index in [1.807, 2.05) is 0 Å². The monoisotopic (exact) mass is 481 g/mol. The Morgan fingerprint density at radius 3 is 2.27 bits per heavy atom. The van der Waals surface area contributed by atoms with Crippen molar-refractivity contribution in [2.24, 2.45) is 0 Å². The van der Waals surface area contributed by atoms with E-state index in [0.717, 1.165) is 10.6 Å². The maximum absolute atomic E-state index is 13.6. The van der Waals surface area contributed by atoms with Crippen LogP contribution in [-0.2, 0) is 16.2 Å². The van der Waals surface area contributed by atoms with Gasteiger partial charge in [0.05, 0.1) is 23.2 Å². The highest BCUT2D eigenvalue weighted by Crippen LogP contribution is 2.37. The lowest BCUT2D eigenvalue weighted by molar-refractivity contribution is -0.137. The van der Waals surface area contributed by atoms with Gasteiger partial charge in [-0.25, -0.2) is 18.2 Å². The average molecular weight is 481 g/mol. The van der Waals surface area contributed by atoms with E-state index in [0.29, 0.717) is 11.9 Å². The summed E-state index contributed by atoms with van der Waals surface area (Å²) in [6.07, 6.45) is -3.24. The Bertz CT molecular complexity index is 1280. The summed E-state index contributed by atoms with van der Waals surface area (Å²) in [6, 6.07) is 11.4. The third kappa shape index (κ3) is 5.68. The number of aromatic carboxylic acids is 1. The second kappa shape index (κ2) is 8.94. The zero-order valence-electron chi connectivity index (χ0n) is 17.3. The van der Waals surface area contributed by atoms with Gasteiger partial charge in [-0.3, -0.25) is 4.31 Å². The first-order valence-corrected chi connectivity index (χ1v) is 11.1. The normalized spacial score (nSPS) is 11.7. The maximum atomic E-state index is 13.6. The smallest absolute Gasteiger partial charge is 0.421 e. The highest BCUT2D eigenvalue weighted by atomic mass is 32.2. The summed E-state index contributed by atoms with van der Waals surface area (Å²) in [5.74, 6) is -1.92. The number of alkyl halides is 3. The van der Waals surface area contributed by atoms with Crippen LogP contribution in [0.25, 0.3) is 0 Å². The molecule has 0 unspecified atom stereocenters. The van der Waals surface area contributed by atoms with Gasteiger partial charge >= 0.3 is 12.1 Å². The van der Waals surface area contributed by atoms with Crippen molar-refractivity contribution < 1.29 is 31.5 Å². The number of halogens is 3. The first-order chi connectivity index (χ1) is 15.4. The molecule has 33 heavy (non-hydrogen) atoms. The van der Waals surface area contributed by atoms with Gasteiger partial charge in [-0.2, -0.15) is 18.2 Å². The summed E-state index contributed by atoms with van der Waals surface area (Å²) in [5, 5.41) is 14.2. The minimum atomic E-state index is -4.79. The molecule has 1 heterocycles. The number of benzene rings is 2. The van der Waals surface area contributed by atoms with Crippen molar-refractivity contribution in [3.8, 4) is 0 Å². The summed E-state index contributed by atoms with van der Waals surface area (Å²) in [7, 11) is -2.41. The number of hydrogen-bond acceptors (Lipinski definition) is 7. The van der Waals surface area contributed by atoms with Crippen LogP contribution in [0.3, 0.4) is 0 Å². The third-order valence-electron chi connectivity index (χ3n) is 4.48. The maximum Gasteiger partial charge on any atom is 0.421 e. The molecule has 0 amide bonds. The van der Waals surface area contributed by atoms with E-state index >= 15 is 0 Å². The van der Waals surface area contributed by atoms with Gasteiger partial charge in [-0.15, -0.1) is 0 Å². The molecule has 0 fully saturated rings. The molecule has 0 aliphatic rings. The molecule has 0 atom stereocenters. The molecule has 0 saturated heterocycles. The van der Waals surface area contributed by atoms with Gasteiger partial charge in [-0.05, 0) is 36.4 Å². The molecule has 2 aromatic carbocycles. The predicted octanol–water partition coefficient (Wildman–Crippen LogP) is 4.08. The van der Waals surface area contributed by atoms with Gasteiger partial charge in [0.15, 0.2) is 0 Å². The molecule has 13 heteroatoms. The Kier molecular flexibility index (Phi) is 6.44. The number of nitrogens with one attached hydrogen (secondary N) is 2. The van der Waals surface area contributed by atoms with Crippen LogP contribution in [0.1, 0.15) is 15.9 Å². The molecule has 0 aliphatic carbocycles. The van der Waals surface area contributed by atoms with Crippen molar-refractivity contribution in [3.05, 3.63) is 65.9 Å². The topological polar surface area (TPSA) is 125 Å². The standard InChI is InChI=1S/C20H18F3N5O4S/c1-28(33(2,31)32)16-6-4-3-5-15(16)26-17-14(20(21,22)23)11-24-19(27-17)25-13-9-7-12(8-10-13)18(29)30/h3-11H,1-2H3,(H,29,30)(H2,24,25,26,27). The fraction of sp³-hybridized carbons (Fsp3) is 0.150. The second-order valence-corrected chi connectivity index (χ2v) is 8.85. The van der Waals surface area contributed by atoms with Gasteiger partial charge in [0.25, 0.3) is 0 Å². The largest absolute Gasteiger partial charge is 0.478 e. The number of hydrogen-bond donors (Lipinski definition) is 3. The van der Waals surface area contributed by atoms with E-state index in [2.05, 4.69) is 20.6 Å². The molecular formula is C20H18F3N5O4S. The lowest BCUT2D eigenvalue weighted by Crippen LogP contribution is -2.25. The van der Waals surface area contributed by atoms with E-state index in [1.54, 1.807) is 6.07 Å². The molecule has 0 bridgehead atoms. The highest BCUT2D eigenvalue weighted by Gasteiger charge is 2.35. The number of carboxylic acids is 1. The molecule has 0 radical (unpaired) electrons. The van der Waals surface area contributed by atoms with Crippen LogP contribution in [0.15, 0.2) is 54.7 Å². The van der Waals surface area contributed by atoms with Crippen LogP contribution < -0.4 is 14.9 Å². The van der Waals surface area contributed by atoms with E-state index in [-0.39, 0.29) is 22.9 Å². The Hall–Kier alpha value is -3.87. The highest BCUT2D eigenvalue weighted by molar-refractivity contribution is 7.92. The quantitative estimate of drug-likeness (QED) is 0.461. The van der Waals surface area contributed by atoms with Crippen LogP contribution >= 0.6 is 0 Å². The van der Waals surface area contributed by atoms with Crippen LogP contribution in [-0.4, -0.2) is 42.8 Å². The first-order valence-electron chi connectivity index (χ1n) is 9.21. The summed E-state index contributed by atoms with van der Waals surface area (Å²) >= 11 is 0. The summed E-state index contributed by atoms with van der Waals surface area (Å²) < 4.78 is 65.5. The number of carbonyl (C=O) groups is 1. The Morgan fingerprint density at radius 2 is 1.70 bits per heavy atom. The summed E-state index contributed by atoms with van der Waals surface area (Å²) in [5.41, 5.74) is -0.589. The molecule has 3 N–H and O–H groups in total. The van der Waals surface area contributed by atoms with Crippen molar-refractivity contribution in [1.82, 2.24) is 9.97 Å². The molecule has 3 aromatic rings. The SMILES string of the molecule is CN(c1ccccc1Nc1nc(Nc2ccc(C(=O)O)cc2)ncc1C(F)(F)F)S(C)(=O)=O. The molecule has 9 nitrogen and oxygen atoms in total. The molecule has 0 aliphatic heterocycles. The van der Waals surface area contributed by atoms with Gasteiger partial charge in [-0.1, -0.05) is 12.1 Å². The Balaban J connectivity index is 2.00. The molecular weight excluding hydrogens is 463 g/mol. The second-order valence-electron chi connectivity index (χ2n) is 6.83. The first kappa shape index (κ1) is 23.8. The number of aromatic nitrogens is 2. The van der Waals surface area contributed by atoms with E-state index < -0.39 is 33.6 Å². The lowest BCUT2D eigenvalue weighted by atomic mass is 10.2. The van der Waals surface area contributed by atoms with Gasteiger partial charge < -0.3 is 15.7 Å². The van der Waals surface area contributed by atoms with Crippen molar-refractivity contribution >= 4 is 44.8 Å². The minimum Gasteiger partial charge on any atom is -0.478 e. The van der Waals surface area contributed by atoms with Crippen molar-refractivity contribution in [2.45, 2.75) is 6.18 Å². The zero-order valence-corrected chi connectivity index (χ0v) is 18.1. The fourth-order valence-corrected chi connectivity index (χ4v) is 3.25. The van der Waals surface area contributed by atoms with Crippen molar-refractivity contribution in [1.29, 1.82) is 0 Å². The summed E-state index contributed by atoms with van der Waals surface area (Å²) in [4.78, 5) is 18.6. The Labute approximate surface area is 187 Å². The summed E-state index contributed by atoms with van der Waals surface area (Å²) in [6.45, 7) is 0. The van der Waals surface area contributed by atoms with Crippen LogP contribution in [0.2, 0.25) is 0 Å². The molecule has 174 valence electrons. The van der Waals surface area contributed by atoms with E-state index in [4.69, 9.17) is 5.11 Å². The van der Waals surface area contributed by atoms with Gasteiger partial charge in [0, 0.05) is 18.9 Å². The van der Waals surface area contributed by atoms with Crippen LogP contribution in [0.4, 0.5) is 42.0 Å². The molecule has 0 saturated carbocycles. The number of sulfonamides is 1. The van der Waals surface area contributed by atoms with E-state index in [1.165, 1.54) is 49.5 Å². The van der Waals surface area contributed by atoms with E-state index in [9.17, 15) is 26.4 Å². The number of carboxylic acid groups (broad SMARTS) is 1. The fourth-order valence-electron chi connectivity index (χ4n) is 2.73. The third-order valence-corrected chi connectivity index (χ3v) is 5.67. The minimum absolute atomic E-state index is 0.0304. The Morgan fingerprint density at radius 1 is 1.06 bits per heavy atom. The number of rotatable bonds is 7. The molecule has 3 rings (SSSR count). The van der Waals surface area contributed by atoms with Crippen molar-refractivity contribution in [3.63, 3.8) is 0 Å². The number of nitrogens with zero attached hydrogens (tertiary/aromatic N) is 3. The molecule has 0 spiro atoms. The van der Waals surface area contributed by atoms with Crippen LogP contribution in [0.5, 0.6) is 0 Å². The van der Waals surface area contributed by atoms with Crippen LogP contribution in [0, 0.1) is 0 Å². The van der Waals surface area contributed by atoms with Gasteiger partial charge in [0.2, 0.25) is 16.0 Å². The predicted molar refractivity (Wildman–Crippen MR) is 117 cm³/mol. The average Bonchev–Trinajstić information content (AvgIpc) is 2.72. The number of anilines is 5. The lowest BCUT2D eigenvalue weighted by Gasteiger charge is -2.22. The zero-order chi connectivity index (χ0) is 24.4. The van der Waals surface area contributed by atoms with Gasteiger partial charge in [0.1, 0.15) is 11.4 Å². The van der Waals surface area contributed by atoms with Crippen molar-refractivity contribution in [2.75, 3.05) is 28.2 Å². The molecule has 1 aromatic heterocycles.